The molecule has 0 spiro atoms. The predicted octanol–water partition coefficient (Wildman–Crippen LogP) is 2.98. The van der Waals surface area contributed by atoms with Gasteiger partial charge in [0.1, 0.15) is 29.5 Å². The van der Waals surface area contributed by atoms with Crippen LogP contribution in [0.25, 0.3) is 12.0 Å². The molecule has 1 N–H and O–H groups in total. The number of ether oxygens (including phenoxy) is 3. The maximum atomic E-state index is 14.1. The molecule has 1 aliphatic rings. The SMILES string of the molecule is COc1ccc(F)cc1/C(=C/n1cc(/C(C)=N/OC(C)C)c(=O)[nH]c1=O)OC1CCOCC1. The van der Waals surface area contributed by atoms with Crippen molar-refractivity contribution in [3.05, 3.63) is 62.2 Å². The largest absolute Gasteiger partial charge is 0.496 e. The molecule has 33 heavy (non-hydrogen) atoms. The van der Waals surface area contributed by atoms with E-state index in [4.69, 9.17) is 19.0 Å². The summed E-state index contributed by atoms with van der Waals surface area (Å²) in [5, 5.41) is 3.94. The fraction of sp³-hybridized carbons (Fsp3) is 0.435. The first kappa shape index (κ1) is 24.2. The van der Waals surface area contributed by atoms with Gasteiger partial charge in [0.2, 0.25) is 0 Å². The van der Waals surface area contributed by atoms with E-state index in [1.807, 2.05) is 0 Å². The molecular weight excluding hydrogens is 433 g/mol. The van der Waals surface area contributed by atoms with E-state index < -0.39 is 17.1 Å². The van der Waals surface area contributed by atoms with E-state index >= 15 is 0 Å². The number of rotatable bonds is 8. The molecule has 3 rings (SSSR count). The van der Waals surface area contributed by atoms with Crippen LogP contribution in [0.4, 0.5) is 4.39 Å². The van der Waals surface area contributed by atoms with Gasteiger partial charge >= 0.3 is 5.69 Å². The highest BCUT2D eigenvalue weighted by Crippen LogP contribution is 2.30. The third-order valence-electron chi connectivity index (χ3n) is 4.90. The van der Waals surface area contributed by atoms with E-state index in [1.54, 1.807) is 20.8 Å². The van der Waals surface area contributed by atoms with Gasteiger partial charge in [-0.15, -0.1) is 0 Å². The number of aromatic amines is 1. The smallest absolute Gasteiger partial charge is 0.332 e. The molecular formula is C23H28FN3O6. The number of nitrogens with one attached hydrogen (secondary N) is 1. The van der Waals surface area contributed by atoms with Gasteiger partial charge in [0.05, 0.1) is 43.4 Å². The van der Waals surface area contributed by atoms with Crippen LogP contribution in [-0.4, -0.2) is 47.8 Å². The summed E-state index contributed by atoms with van der Waals surface area (Å²) in [6.45, 7) is 6.27. The Morgan fingerprint density at radius 1 is 1.27 bits per heavy atom. The monoisotopic (exact) mass is 461 g/mol. The third-order valence-corrected chi connectivity index (χ3v) is 4.90. The van der Waals surface area contributed by atoms with E-state index in [0.717, 1.165) is 4.57 Å². The van der Waals surface area contributed by atoms with E-state index in [-0.39, 0.29) is 23.5 Å². The summed E-state index contributed by atoms with van der Waals surface area (Å²) >= 11 is 0. The normalized spacial score (nSPS) is 15.6. The van der Waals surface area contributed by atoms with E-state index in [1.165, 1.54) is 37.7 Å². The second kappa shape index (κ2) is 11.0. The molecule has 9 nitrogen and oxygen atoms in total. The summed E-state index contributed by atoms with van der Waals surface area (Å²) in [6.07, 6.45) is 3.63. The van der Waals surface area contributed by atoms with Gasteiger partial charge in [0.25, 0.3) is 5.56 Å². The van der Waals surface area contributed by atoms with Gasteiger partial charge in [-0.05, 0) is 39.0 Å². The van der Waals surface area contributed by atoms with Gasteiger partial charge in [0.15, 0.2) is 0 Å². The summed E-state index contributed by atoms with van der Waals surface area (Å²) in [5.74, 6) is 0.0949. The number of hydrogen-bond acceptors (Lipinski definition) is 7. The number of benzene rings is 1. The van der Waals surface area contributed by atoms with E-state index in [9.17, 15) is 14.0 Å². The van der Waals surface area contributed by atoms with Crippen LogP contribution in [0.5, 0.6) is 5.75 Å². The van der Waals surface area contributed by atoms with E-state index in [2.05, 4.69) is 10.1 Å². The molecule has 1 aromatic carbocycles. The Hall–Kier alpha value is -3.40. The summed E-state index contributed by atoms with van der Waals surface area (Å²) < 4.78 is 32.2. The highest BCUT2D eigenvalue weighted by Gasteiger charge is 2.20. The van der Waals surface area contributed by atoms with Crippen molar-refractivity contribution in [3.63, 3.8) is 0 Å². The molecule has 10 heteroatoms. The van der Waals surface area contributed by atoms with Gasteiger partial charge in [-0.1, -0.05) is 5.16 Å². The Morgan fingerprint density at radius 3 is 2.67 bits per heavy atom. The summed E-state index contributed by atoms with van der Waals surface area (Å²) in [7, 11) is 1.46. The number of oxime groups is 1. The third kappa shape index (κ3) is 6.32. The molecule has 0 saturated carbocycles. The molecule has 0 amide bonds. The highest BCUT2D eigenvalue weighted by molar-refractivity contribution is 5.97. The van der Waals surface area contributed by atoms with Crippen molar-refractivity contribution in [1.29, 1.82) is 0 Å². The van der Waals surface area contributed by atoms with Crippen LogP contribution in [0.1, 0.15) is 44.7 Å². The zero-order valence-corrected chi connectivity index (χ0v) is 19.1. The van der Waals surface area contributed by atoms with Gasteiger partial charge in [-0.25, -0.2) is 9.18 Å². The molecule has 1 aliphatic heterocycles. The van der Waals surface area contributed by atoms with Gasteiger partial charge in [0, 0.05) is 19.0 Å². The zero-order chi connectivity index (χ0) is 24.0. The molecule has 1 aromatic heterocycles. The summed E-state index contributed by atoms with van der Waals surface area (Å²) in [5.41, 5.74) is -0.527. The second-order valence-corrected chi connectivity index (χ2v) is 7.81. The minimum Gasteiger partial charge on any atom is -0.496 e. The van der Waals surface area contributed by atoms with Crippen molar-refractivity contribution in [2.24, 2.45) is 5.16 Å². The second-order valence-electron chi connectivity index (χ2n) is 7.81. The zero-order valence-electron chi connectivity index (χ0n) is 19.1. The highest BCUT2D eigenvalue weighted by atomic mass is 19.1. The van der Waals surface area contributed by atoms with Crippen molar-refractivity contribution >= 4 is 17.7 Å². The van der Waals surface area contributed by atoms with E-state index in [0.29, 0.717) is 43.1 Å². The van der Waals surface area contributed by atoms with Crippen LogP contribution in [-0.2, 0) is 14.3 Å². The predicted molar refractivity (Wildman–Crippen MR) is 122 cm³/mol. The first-order chi connectivity index (χ1) is 15.8. The fourth-order valence-electron chi connectivity index (χ4n) is 3.21. The number of aromatic nitrogens is 2. The fourth-order valence-corrected chi connectivity index (χ4v) is 3.21. The standard InChI is InChI=1S/C23H28FN3O6/c1-14(2)33-26-15(3)19-12-27(23(29)25-22(19)28)13-21(32-17-7-9-31-10-8-17)18-11-16(24)5-6-20(18)30-4/h5-6,11-14,17H,7-10H2,1-4H3,(H,25,28,29)/b21-13-,26-15+. The Labute approximate surface area is 190 Å². The van der Waals surface area contributed by atoms with Crippen LogP contribution in [0.3, 0.4) is 0 Å². The lowest BCUT2D eigenvalue weighted by Gasteiger charge is -2.25. The van der Waals surface area contributed by atoms with Crippen LogP contribution in [0.15, 0.2) is 39.1 Å². The maximum Gasteiger partial charge on any atom is 0.332 e. The van der Waals surface area contributed by atoms with Gasteiger partial charge in [-0.2, -0.15) is 0 Å². The molecule has 2 heterocycles. The number of methoxy groups -OCH3 is 1. The number of nitrogens with zero attached hydrogens (tertiary/aromatic N) is 2. The Kier molecular flexibility index (Phi) is 8.05. The van der Waals surface area contributed by atoms with Crippen molar-refractivity contribution in [3.8, 4) is 5.75 Å². The number of hydrogen-bond donors (Lipinski definition) is 1. The van der Waals surface area contributed by atoms with Gasteiger partial charge in [-0.3, -0.25) is 14.3 Å². The van der Waals surface area contributed by atoms with Crippen molar-refractivity contribution in [2.45, 2.75) is 45.8 Å². The Morgan fingerprint density at radius 2 is 2.00 bits per heavy atom. The Bertz CT molecular complexity index is 1150. The summed E-state index contributed by atoms with van der Waals surface area (Å²) in [6, 6.07) is 4.02. The first-order valence-corrected chi connectivity index (χ1v) is 10.6. The topological polar surface area (TPSA) is 104 Å². The molecule has 2 aromatic rings. The quantitative estimate of drug-likeness (QED) is 0.368. The molecule has 1 fully saturated rings. The van der Waals surface area contributed by atoms with Crippen molar-refractivity contribution in [1.82, 2.24) is 9.55 Å². The van der Waals surface area contributed by atoms with Crippen LogP contribution in [0.2, 0.25) is 0 Å². The van der Waals surface area contributed by atoms with Gasteiger partial charge < -0.3 is 19.0 Å². The molecule has 1 saturated heterocycles. The van der Waals surface area contributed by atoms with Crippen LogP contribution >= 0.6 is 0 Å². The Balaban J connectivity index is 2.11. The lowest BCUT2D eigenvalue weighted by molar-refractivity contribution is 0.0139. The minimum atomic E-state index is -0.690. The first-order valence-electron chi connectivity index (χ1n) is 10.6. The molecule has 0 unspecified atom stereocenters. The van der Waals surface area contributed by atoms with Crippen LogP contribution < -0.4 is 16.0 Å². The molecule has 0 bridgehead atoms. The number of halogens is 1. The maximum absolute atomic E-state index is 14.1. The average molecular weight is 461 g/mol. The lowest BCUT2D eigenvalue weighted by Crippen LogP contribution is -2.31. The summed E-state index contributed by atoms with van der Waals surface area (Å²) in [4.78, 5) is 32.4. The molecule has 0 radical (unpaired) electrons. The molecule has 0 atom stereocenters. The average Bonchev–Trinajstić information content (AvgIpc) is 2.79. The number of H-pyrrole nitrogens is 1. The lowest BCUT2D eigenvalue weighted by atomic mass is 10.1. The van der Waals surface area contributed by atoms with Crippen molar-refractivity contribution < 1.29 is 23.4 Å². The minimum absolute atomic E-state index is 0.142. The molecule has 0 aliphatic carbocycles. The van der Waals surface area contributed by atoms with Crippen LogP contribution in [0, 0.1) is 5.82 Å². The van der Waals surface area contributed by atoms with Crippen molar-refractivity contribution in [2.75, 3.05) is 20.3 Å². The molecule has 178 valence electrons.